The maximum atomic E-state index is 13.6. The number of pyridine rings is 2. The summed E-state index contributed by atoms with van der Waals surface area (Å²) in [6, 6.07) is 16.5. The van der Waals surface area contributed by atoms with E-state index in [-0.39, 0.29) is 29.7 Å². The van der Waals surface area contributed by atoms with Crippen LogP contribution in [-0.2, 0) is 7.05 Å². The lowest BCUT2D eigenvalue weighted by Gasteiger charge is -2.21. The molecule has 0 saturated heterocycles. The van der Waals surface area contributed by atoms with Crippen molar-refractivity contribution in [2.24, 2.45) is 7.05 Å². The third-order valence-electron chi connectivity index (χ3n) is 6.44. The molecule has 0 bridgehead atoms. The van der Waals surface area contributed by atoms with Crippen LogP contribution in [0.1, 0.15) is 50.7 Å². The maximum absolute atomic E-state index is 13.6. The van der Waals surface area contributed by atoms with E-state index in [9.17, 15) is 9.59 Å². The molecule has 0 aliphatic rings. The lowest BCUT2D eigenvalue weighted by molar-refractivity contribution is 0.262. The number of benzene rings is 2. The van der Waals surface area contributed by atoms with Gasteiger partial charge in [0.1, 0.15) is 23.7 Å². The SMILES string of the molecule is C#CCOc1cccc(-c2c(NC(=O)Nc3c(C(C)C)cccc3C(C)C)c(=O)n(C)c3ncccc23)c1. The molecule has 4 rings (SSSR count). The summed E-state index contributed by atoms with van der Waals surface area (Å²) in [5.74, 6) is 3.41. The number of ether oxygens (including phenoxy) is 1. The minimum absolute atomic E-state index is 0.114. The third kappa shape index (κ3) is 5.25. The van der Waals surface area contributed by atoms with E-state index in [2.05, 4.69) is 49.2 Å². The number of carbonyl (C=O) groups is 1. The Morgan fingerprint density at radius 1 is 1.00 bits per heavy atom. The van der Waals surface area contributed by atoms with Crippen LogP contribution in [0.4, 0.5) is 16.2 Å². The van der Waals surface area contributed by atoms with E-state index in [0.29, 0.717) is 27.9 Å². The number of amides is 2. The molecule has 0 aliphatic carbocycles. The molecule has 2 heterocycles. The summed E-state index contributed by atoms with van der Waals surface area (Å²) in [6.07, 6.45) is 6.99. The molecule has 2 aromatic heterocycles. The summed E-state index contributed by atoms with van der Waals surface area (Å²) in [4.78, 5) is 31.5. The van der Waals surface area contributed by atoms with E-state index >= 15 is 0 Å². The summed E-state index contributed by atoms with van der Waals surface area (Å²) in [7, 11) is 1.64. The van der Waals surface area contributed by atoms with Gasteiger partial charge >= 0.3 is 6.03 Å². The highest BCUT2D eigenvalue weighted by Crippen LogP contribution is 2.35. The minimum atomic E-state index is -0.499. The van der Waals surface area contributed by atoms with Gasteiger partial charge in [0.25, 0.3) is 5.56 Å². The number of nitrogens with zero attached hydrogens (tertiary/aromatic N) is 2. The first kappa shape index (κ1) is 26.5. The Morgan fingerprint density at radius 3 is 2.32 bits per heavy atom. The molecule has 0 aliphatic heterocycles. The normalized spacial score (nSPS) is 11.0. The van der Waals surface area contributed by atoms with Gasteiger partial charge in [-0.25, -0.2) is 9.78 Å². The average Bonchev–Trinajstić information content (AvgIpc) is 2.90. The van der Waals surface area contributed by atoms with Crippen molar-refractivity contribution in [1.82, 2.24) is 9.55 Å². The van der Waals surface area contributed by atoms with Crippen LogP contribution in [0.15, 0.2) is 65.6 Å². The van der Waals surface area contributed by atoms with Crippen LogP contribution in [0.5, 0.6) is 5.75 Å². The van der Waals surface area contributed by atoms with E-state index < -0.39 is 6.03 Å². The van der Waals surface area contributed by atoms with E-state index in [1.807, 2.05) is 36.4 Å². The second kappa shape index (κ2) is 11.2. The van der Waals surface area contributed by atoms with Crippen LogP contribution in [-0.4, -0.2) is 22.2 Å². The third-order valence-corrected chi connectivity index (χ3v) is 6.44. The molecule has 0 saturated carbocycles. The molecule has 0 atom stereocenters. The fourth-order valence-corrected chi connectivity index (χ4v) is 4.60. The Kier molecular flexibility index (Phi) is 7.82. The zero-order chi connectivity index (χ0) is 27.4. The van der Waals surface area contributed by atoms with Crippen molar-refractivity contribution in [2.75, 3.05) is 17.2 Å². The molecule has 0 spiro atoms. The Morgan fingerprint density at radius 2 is 1.66 bits per heavy atom. The summed E-state index contributed by atoms with van der Waals surface area (Å²) in [5.41, 5.74) is 4.34. The first-order valence-corrected chi connectivity index (χ1v) is 12.6. The number of carbonyl (C=O) groups excluding carboxylic acids is 1. The van der Waals surface area contributed by atoms with Crippen molar-refractivity contribution in [1.29, 1.82) is 0 Å². The van der Waals surface area contributed by atoms with Gasteiger partial charge in [0.2, 0.25) is 0 Å². The molecule has 0 fully saturated rings. The zero-order valence-electron chi connectivity index (χ0n) is 22.3. The van der Waals surface area contributed by atoms with Crippen LogP contribution in [0.25, 0.3) is 22.2 Å². The molecule has 2 aromatic carbocycles. The average molecular weight is 509 g/mol. The topological polar surface area (TPSA) is 85.3 Å². The van der Waals surface area contributed by atoms with Gasteiger partial charge in [-0.3, -0.25) is 9.36 Å². The largest absolute Gasteiger partial charge is 0.481 e. The zero-order valence-corrected chi connectivity index (χ0v) is 22.3. The van der Waals surface area contributed by atoms with Crippen LogP contribution in [0.2, 0.25) is 0 Å². The number of hydrogen-bond acceptors (Lipinski definition) is 4. The molecule has 0 unspecified atom stereocenters. The van der Waals surface area contributed by atoms with Crippen molar-refractivity contribution in [3.8, 4) is 29.2 Å². The molecule has 4 aromatic rings. The standard InChI is InChI=1S/C31H32N4O3/c1-7-17-38-22-12-8-11-21(18-22)26-25-15-10-16-32-29(25)35(6)30(36)28(26)34-31(37)33-27-23(19(2)3)13-9-14-24(27)20(4)5/h1,8-16,18-20H,17H2,2-6H3,(H2,33,34,37). The number of nitrogens with one attached hydrogen (secondary N) is 2. The van der Waals surface area contributed by atoms with Crippen LogP contribution >= 0.6 is 0 Å². The highest BCUT2D eigenvalue weighted by molar-refractivity contribution is 6.07. The molecule has 2 amide bonds. The molecule has 2 N–H and O–H groups in total. The number of rotatable bonds is 7. The molecule has 7 heteroatoms. The number of urea groups is 1. The predicted molar refractivity (Wildman–Crippen MR) is 154 cm³/mol. The van der Waals surface area contributed by atoms with Crippen LogP contribution < -0.4 is 20.9 Å². The number of hydrogen-bond donors (Lipinski definition) is 2. The van der Waals surface area contributed by atoms with Gasteiger partial charge in [-0.15, -0.1) is 6.42 Å². The van der Waals surface area contributed by atoms with Crippen molar-refractivity contribution in [2.45, 2.75) is 39.5 Å². The van der Waals surface area contributed by atoms with Crippen molar-refractivity contribution in [3.63, 3.8) is 0 Å². The predicted octanol–water partition coefficient (Wildman–Crippen LogP) is 6.50. The van der Waals surface area contributed by atoms with E-state index in [4.69, 9.17) is 11.2 Å². The lowest BCUT2D eigenvalue weighted by Crippen LogP contribution is -2.29. The van der Waals surface area contributed by atoms with E-state index in [1.165, 1.54) is 4.57 Å². The summed E-state index contributed by atoms with van der Waals surface area (Å²) < 4.78 is 7.06. The Balaban J connectivity index is 1.85. The number of terminal acetylenes is 1. The van der Waals surface area contributed by atoms with Crippen LogP contribution in [0.3, 0.4) is 0 Å². The highest BCUT2D eigenvalue weighted by atomic mass is 16.5. The number of fused-ring (bicyclic) bond motifs is 1. The molecular formula is C31H32N4O3. The van der Waals surface area contributed by atoms with E-state index in [0.717, 1.165) is 16.8 Å². The van der Waals surface area contributed by atoms with Gasteiger partial charge in [-0.2, -0.15) is 0 Å². The lowest BCUT2D eigenvalue weighted by atomic mass is 9.93. The number of anilines is 2. The van der Waals surface area contributed by atoms with Crippen molar-refractivity contribution < 1.29 is 9.53 Å². The van der Waals surface area contributed by atoms with E-state index in [1.54, 1.807) is 31.4 Å². The molecule has 38 heavy (non-hydrogen) atoms. The van der Waals surface area contributed by atoms with Gasteiger partial charge in [-0.05, 0) is 52.8 Å². The fourth-order valence-electron chi connectivity index (χ4n) is 4.60. The molecule has 7 nitrogen and oxygen atoms in total. The Bertz CT molecular complexity index is 1570. The molecule has 194 valence electrons. The van der Waals surface area contributed by atoms with Gasteiger partial charge in [0.15, 0.2) is 0 Å². The quantitative estimate of drug-likeness (QED) is 0.279. The maximum Gasteiger partial charge on any atom is 0.323 e. The van der Waals surface area contributed by atoms with Crippen molar-refractivity contribution >= 4 is 28.4 Å². The van der Waals surface area contributed by atoms with Gasteiger partial charge in [0, 0.05) is 29.9 Å². The second-order valence-corrected chi connectivity index (χ2v) is 9.71. The van der Waals surface area contributed by atoms with Crippen LogP contribution in [0, 0.1) is 12.3 Å². The summed E-state index contributed by atoms with van der Waals surface area (Å²) in [6.45, 7) is 8.46. The second-order valence-electron chi connectivity index (χ2n) is 9.71. The number of para-hydroxylation sites is 1. The number of aryl methyl sites for hydroxylation is 1. The first-order valence-electron chi connectivity index (χ1n) is 12.6. The Hall–Kier alpha value is -4.57. The van der Waals surface area contributed by atoms with Gasteiger partial charge in [0.05, 0.1) is 0 Å². The smallest absolute Gasteiger partial charge is 0.323 e. The fraction of sp³-hybridized carbons (Fsp3) is 0.258. The monoisotopic (exact) mass is 508 g/mol. The first-order chi connectivity index (χ1) is 18.2. The number of aromatic nitrogens is 2. The Labute approximate surface area is 222 Å². The van der Waals surface area contributed by atoms with Gasteiger partial charge in [-0.1, -0.05) is 63.9 Å². The van der Waals surface area contributed by atoms with Crippen molar-refractivity contribution in [3.05, 3.63) is 82.3 Å². The molecule has 0 radical (unpaired) electrons. The highest BCUT2D eigenvalue weighted by Gasteiger charge is 2.22. The minimum Gasteiger partial charge on any atom is -0.481 e. The summed E-state index contributed by atoms with van der Waals surface area (Å²) in [5, 5.41) is 6.62. The molecular weight excluding hydrogens is 476 g/mol. The summed E-state index contributed by atoms with van der Waals surface area (Å²) >= 11 is 0. The van der Waals surface area contributed by atoms with Gasteiger partial charge < -0.3 is 15.4 Å².